The molecule has 0 radical (unpaired) electrons. The summed E-state index contributed by atoms with van der Waals surface area (Å²) >= 11 is 6.40. The van der Waals surface area contributed by atoms with E-state index in [0.717, 1.165) is 48.0 Å². The van der Waals surface area contributed by atoms with E-state index in [9.17, 15) is 13.5 Å². The summed E-state index contributed by atoms with van der Waals surface area (Å²) in [5.41, 5.74) is 15.2. The predicted octanol–water partition coefficient (Wildman–Crippen LogP) is 5.26. The van der Waals surface area contributed by atoms with E-state index in [-0.39, 0.29) is 10.6 Å². The number of anilines is 3. The van der Waals surface area contributed by atoms with Gasteiger partial charge >= 0.3 is 0 Å². The van der Waals surface area contributed by atoms with Gasteiger partial charge in [0.1, 0.15) is 5.75 Å². The number of allylic oxidation sites excluding steroid dienone is 1. The molecule has 0 atom stereocenters. The Morgan fingerprint density at radius 3 is 2.45 bits per heavy atom. The Hall–Kier alpha value is -3.44. The van der Waals surface area contributed by atoms with Crippen LogP contribution in [-0.2, 0) is 10.0 Å². The minimum atomic E-state index is -3.56. The molecule has 212 valence electrons. The van der Waals surface area contributed by atoms with E-state index >= 15 is 0 Å². The van der Waals surface area contributed by atoms with Crippen molar-refractivity contribution >= 4 is 38.7 Å². The summed E-state index contributed by atoms with van der Waals surface area (Å²) in [5.74, 6) is 0.974. The lowest BCUT2D eigenvalue weighted by molar-refractivity contribution is 0.310. The van der Waals surface area contributed by atoms with Gasteiger partial charge in [-0.3, -0.25) is 5.43 Å². The molecule has 0 bridgehead atoms. The van der Waals surface area contributed by atoms with Crippen LogP contribution in [0, 0.1) is 6.92 Å². The molecule has 40 heavy (non-hydrogen) atoms. The van der Waals surface area contributed by atoms with Crippen molar-refractivity contribution in [1.29, 1.82) is 0 Å². The molecule has 2 aliphatic heterocycles. The summed E-state index contributed by atoms with van der Waals surface area (Å²) in [4.78, 5) is 2.57. The van der Waals surface area contributed by atoms with Crippen LogP contribution in [0.5, 0.6) is 5.75 Å². The first-order valence-corrected chi connectivity index (χ1v) is 15.1. The molecular weight excluding hydrogens is 548 g/mol. The summed E-state index contributed by atoms with van der Waals surface area (Å²) in [6.07, 6.45) is 2.36. The van der Waals surface area contributed by atoms with Gasteiger partial charge in [-0.1, -0.05) is 11.6 Å². The number of nitrogens with two attached hydrogens (primary N) is 1. The van der Waals surface area contributed by atoms with E-state index in [0.29, 0.717) is 28.5 Å². The number of phenolic OH excluding ortho intramolecular Hbond substituents is 1. The number of hydrogen-bond donors (Lipinski definition) is 4. The third-order valence-electron chi connectivity index (χ3n) is 7.49. The van der Waals surface area contributed by atoms with Crippen molar-refractivity contribution in [3.05, 3.63) is 76.7 Å². The summed E-state index contributed by atoms with van der Waals surface area (Å²) in [6.45, 7) is 7.18. The third-order valence-corrected chi connectivity index (χ3v) is 9.69. The number of nitrogens with zero attached hydrogens (tertiary/aromatic N) is 3. The van der Waals surface area contributed by atoms with Crippen molar-refractivity contribution in [2.75, 3.05) is 49.7 Å². The smallest absolute Gasteiger partial charge is 0.242 e. The lowest BCUT2D eigenvalue weighted by Gasteiger charge is -2.21. The molecule has 0 saturated carbocycles. The normalized spacial score (nSPS) is 15.7. The van der Waals surface area contributed by atoms with Crippen molar-refractivity contribution in [3.8, 4) is 16.9 Å². The Kier molecular flexibility index (Phi) is 7.87. The molecule has 1 saturated heterocycles. The van der Waals surface area contributed by atoms with Crippen LogP contribution < -0.4 is 16.5 Å². The van der Waals surface area contributed by atoms with Crippen LogP contribution in [0.15, 0.2) is 71.0 Å². The summed E-state index contributed by atoms with van der Waals surface area (Å²) < 4.78 is 27.5. The monoisotopic (exact) mass is 582 g/mol. The summed E-state index contributed by atoms with van der Waals surface area (Å²) in [7, 11) is -1.92. The number of likely N-dealkylation sites (N-methyl/N-ethyl adjacent to an activating group) is 1. The molecule has 0 unspecified atom stereocenters. The van der Waals surface area contributed by atoms with E-state index in [1.165, 1.54) is 17.1 Å². The van der Waals surface area contributed by atoms with E-state index in [2.05, 4.69) is 15.6 Å². The molecule has 3 aromatic carbocycles. The molecule has 0 aromatic heterocycles. The Labute approximate surface area is 240 Å². The SMILES string of the molecule is CC1=C(Nc2ccc(S(=O)(=O)N(C)CCN3CCCC3)cc2)N1Nc1cc(-c2cc(O)ccc2Cl)cc(C)c1N. The molecule has 3 aromatic rings. The van der Waals surface area contributed by atoms with Crippen LogP contribution in [0.25, 0.3) is 11.1 Å². The largest absolute Gasteiger partial charge is 0.508 e. The van der Waals surface area contributed by atoms with Crippen molar-refractivity contribution in [1.82, 2.24) is 14.2 Å². The number of aromatic hydroxyl groups is 1. The van der Waals surface area contributed by atoms with Crippen LogP contribution in [-0.4, -0.2) is 61.0 Å². The van der Waals surface area contributed by atoms with Gasteiger partial charge in [0.2, 0.25) is 10.0 Å². The highest BCUT2D eigenvalue weighted by molar-refractivity contribution is 7.89. The second-order valence-corrected chi connectivity index (χ2v) is 12.8. The van der Waals surface area contributed by atoms with Crippen LogP contribution in [0.4, 0.5) is 17.1 Å². The van der Waals surface area contributed by atoms with E-state index in [4.69, 9.17) is 17.3 Å². The summed E-state index contributed by atoms with van der Waals surface area (Å²) in [6, 6.07) is 15.4. The van der Waals surface area contributed by atoms with Gasteiger partial charge in [-0.25, -0.2) is 13.4 Å². The number of rotatable bonds is 10. The molecule has 2 aliphatic rings. The molecule has 5 rings (SSSR count). The zero-order valence-corrected chi connectivity index (χ0v) is 24.5. The van der Waals surface area contributed by atoms with Gasteiger partial charge in [-0.05, 0) is 106 Å². The molecule has 0 spiro atoms. The van der Waals surface area contributed by atoms with Gasteiger partial charge in [-0.15, -0.1) is 0 Å². The minimum absolute atomic E-state index is 0.130. The minimum Gasteiger partial charge on any atom is -0.508 e. The van der Waals surface area contributed by atoms with Crippen molar-refractivity contribution in [3.63, 3.8) is 0 Å². The number of aryl methyl sites for hydroxylation is 1. The molecule has 2 heterocycles. The Balaban J connectivity index is 1.24. The molecule has 11 heteroatoms. The maximum absolute atomic E-state index is 13.0. The maximum atomic E-state index is 13.0. The molecule has 1 fully saturated rings. The van der Waals surface area contributed by atoms with Crippen molar-refractivity contribution in [2.45, 2.75) is 31.6 Å². The highest BCUT2D eigenvalue weighted by Gasteiger charge is 2.31. The number of nitrogen functional groups attached to an aromatic ring is 1. The number of sulfonamides is 1. The molecule has 9 nitrogen and oxygen atoms in total. The Bertz CT molecular complexity index is 1550. The van der Waals surface area contributed by atoms with Gasteiger partial charge in [0, 0.05) is 36.4 Å². The lowest BCUT2D eigenvalue weighted by Crippen LogP contribution is -2.35. The lowest BCUT2D eigenvalue weighted by atomic mass is 10.0. The van der Waals surface area contributed by atoms with Gasteiger partial charge in [0.05, 0.1) is 22.0 Å². The average Bonchev–Trinajstić information content (AvgIpc) is 3.28. The first-order chi connectivity index (χ1) is 19.0. The highest BCUT2D eigenvalue weighted by atomic mass is 35.5. The third kappa shape index (κ3) is 5.85. The van der Waals surface area contributed by atoms with Crippen LogP contribution in [0.2, 0.25) is 5.02 Å². The van der Waals surface area contributed by atoms with Gasteiger partial charge in [-0.2, -0.15) is 4.31 Å². The Morgan fingerprint density at radius 2 is 1.75 bits per heavy atom. The molecule has 5 N–H and O–H groups in total. The summed E-state index contributed by atoms with van der Waals surface area (Å²) in [5, 5.41) is 15.7. The highest BCUT2D eigenvalue weighted by Crippen LogP contribution is 2.39. The maximum Gasteiger partial charge on any atom is 0.242 e. The number of hydrogen-bond acceptors (Lipinski definition) is 8. The second-order valence-electron chi connectivity index (χ2n) is 10.3. The number of nitrogens with one attached hydrogen (secondary N) is 2. The first kappa shape index (κ1) is 28.1. The molecule has 0 amide bonds. The van der Waals surface area contributed by atoms with Crippen LogP contribution in [0.3, 0.4) is 0 Å². The first-order valence-electron chi connectivity index (χ1n) is 13.3. The predicted molar refractivity (Wildman–Crippen MR) is 161 cm³/mol. The van der Waals surface area contributed by atoms with Crippen molar-refractivity contribution in [2.24, 2.45) is 0 Å². The number of benzene rings is 3. The zero-order chi connectivity index (χ0) is 28.6. The number of phenols is 1. The fourth-order valence-electron chi connectivity index (χ4n) is 4.87. The van der Waals surface area contributed by atoms with Crippen LogP contribution in [0.1, 0.15) is 25.3 Å². The topological polar surface area (TPSA) is 114 Å². The zero-order valence-electron chi connectivity index (χ0n) is 22.9. The van der Waals surface area contributed by atoms with E-state index in [1.54, 1.807) is 49.5 Å². The van der Waals surface area contributed by atoms with Gasteiger partial charge in [0.25, 0.3) is 0 Å². The number of likely N-dealkylation sites (tertiary alicyclic amines) is 1. The average molecular weight is 583 g/mol. The quantitative estimate of drug-likeness (QED) is 0.239. The van der Waals surface area contributed by atoms with E-state index in [1.807, 2.05) is 31.0 Å². The molecule has 0 aliphatic carbocycles. The van der Waals surface area contributed by atoms with Gasteiger partial charge in [0.15, 0.2) is 5.82 Å². The van der Waals surface area contributed by atoms with E-state index < -0.39 is 10.0 Å². The number of halogens is 1. The fourth-order valence-corrected chi connectivity index (χ4v) is 6.26. The van der Waals surface area contributed by atoms with Gasteiger partial charge < -0.3 is 21.1 Å². The second kappa shape index (κ2) is 11.2. The Morgan fingerprint density at radius 1 is 1.05 bits per heavy atom. The fraction of sp³-hybridized carbons (Fsp3) is 0.310. The molecular formula is C29H35ClN6O3S. The standard InChI is InChI=1S/C29H35ClN6O3S/c1-19-16-21(25-18-23(37)8-11-26(25)30)17-27(28(19)31)33-36-20(2)29(36)32-22-6-9-24(10-7-22)40(38,39)34(3)14-15-35-12-4-5-13-35/h6-11,16-18,32-33,37H,4-5,12-15,31H2,1-3H3. The van der Waals surface area contributed by atoms with Crippen molar-refractivity contribution < 1.29 is 13.5 Å². The van der Waals surface area contributed by atoms with Crippen LogP contribution >= 0.6 is 11.6 Å². The number of hydrazine groups is 1.